The van der Waals surface area contributed by atoms with E-state index in [4.69, 9.17) is 23.7 Å². The summed E-state index contributed by atoms with van der Waals surface area (Å²) in [6.45, 7) is 1.79. The van der Waals surface area contributed by atoms with Crippen LogP contribution in [0.4, 0.5) is 0 Å². The Morgan fingerprint density at radius 2 is 1.38 bits per heavy atom. The minimum absolute atomic E-state index is 0.0833. The van der Waals surface area contributed by atoms with Crippen molar-refractivity contribution in [3.63, 3.8) is 0 Å². The van der Waals surface area contributed by atoms with Crippen LogP contribution >= 0.6 is 0 Å². The van der Waals surface area contributed by atoms with Gasteiger partial charge < -0.3 is 28.8 Å². The lowest BCUT2D eigenvalue weighted by Gasteiger charge is -2.37. The van der Waals surface area contributed by atoms with Crippen molar-refractivity contribution in [1.82, 2.24) is 9.80 Å². The minimum Gasteiger partial charge on any atom is -0.504 e. The Kier molecular flexibility index (Phi) is 7.71. The van der Waals surface area contributed by atoms with Gasteiger partial charge in [-0.15, -0.1) is 0 Å². The van der Waals surface area contributed by atoms with Gasteiger partial charge in [0.2, 0.25) is 5.75 Å². The molecule has 2 atom stereocenters. The average molecular weight is 609 g/mol. The molecule has 8 nitrogen and oxygen atoms in total. The fourth-order valence-electron chi connectivity index (χ4n) is 7.11. The molecule has 234 valence electrons. The van der Waals surface area contributed by atoms with Gasteiger partial charge >= 0.3 is 0 Å². The molecule has 4 aromatic carbocycles. The lowest BCUT2D eigenvalue weighted by molar-refractivity contribution is 0.224. The zero-order valence-corrected chi connectivity index (χ0v) is 26.6. The Labute approximate surface area is 264 Å². The number of benzene rings is 4. The van der Waals surface area contributed by atoms with Crippen molar-refractivity contribution in [3.8, 4) is 46.0 Å². The molecular formula is C37H40N2O6. The van der Waals surface area contributed by atoms with Gasteiger partial charge in [0.1, 0.15) is 5.75 Å². The summed E-state index contributed by atoms with van der Waals surface area (Å²) in [5.74, 6) is 4.46. The molecule has 10 bridgehead atoms. The van der Waals surface area contributed by atoms with Crippen LogP contribution in [-0.4, -0.2) is 63.4 Å². The van der Waals surface area contributed by atoms with Gasteiger partial charge in [0.05, 0.1) is 21.3 Å². The molecule has 0 fully saturated rings. The maximum absolute atomic E-state index is 10.7. The number of phenolic OH excluding ortho intramolecular Hbond substituents is 1. The van der Waals surface area contributed by atoms with Crippen molar-refractivity contribution in [1.29, 1.82) is 0 Å². The number of phenols is 1. The van der Waals surface area contributed by atoms with E-state index >= 15 is 0 Å². The molecule has 4 aliphatic heterocycles. The van der Waals surface area contributed by atoms with E-state index in [1.807, 2.05) is 24.3 Å². The molecular weight excluding hydrogens is 568 g/mol. The number of likely N-dealkylation sites (N-methyl/N-ethyl adjacent to an activating group) is 2. The Morgan fingerprint density at radius 1 is 0.689 bits per heavy atom. The number of hydrogen-bond acceptors (Lipinski definition) is 8. The molecule has 0 amide bonds. The molecule has 8 heteroatoms. The Morgan fingerprint density at radius 3 is 2.11 bits per heavy atom. The second-order valence-electron chi connectivity index (χ2n) is 12.3. The van der Waals surface area contributed by atoms with E-state index in [0.717, 1.165) is 55.5 Å². The first-order valence-electron chi connectivity index (χ1n) is 15.5. The van der Waals surface area contributed by atoms with E-state index in [2.05, 4.69) is 54.2 Å². The highest BCUT2D eigenvalue weighted by Gasteiger charge is 2.33. The number of hydrogen-bond donors (Lipinski definition) is 1. The zero-order chi connectivity index (χ0) is 31.2. The molecule has 0 saturated heterocycles. The van der Waals surface area contributed by atoms with Gasteiger partial charge in [0.25, 0.3) is 0 Å². The van der Waals surface area contributed by atoms with Gasteiger partial charge in [-0.3, -0.25) is 9.80 Å². The second kappa shape index (κ2) is 11.8. The van der Waals surface area contributed by atoms with Crippen LogP contribution in [0.1, 0.15) is 45.5 Å². The Bertz CT molecular complexity index is 1740. The standard InChI is InChI=1S/C37H40N2O6/c1-38-14-12-24-19-33(41-3)34-20-27(24)29(38)17-23-8-11-31(40)32(18-23)44-25-9-6-22(7-10-25)16-30-28-21-35(42-4)37(43-5)36(45-34)26(28)13-15-39(30)2/h6-11,18-21,29-30,40H,12-17H2,1-5H3/t29-,30+/m1/s1. The maximum Gasteiger partial charge on any atom is 0.204 e. The number of methoxy groups -OCH3 is 3. The molecule has 0 spiro atoms. The monoisotopic (exact) mass is 608 g/mol. The molecule has 4 aliphatic rings. The van der Waals surface area contributed by atoms with E-state index in [0.29, 0.717) is 40.2 Å². The van der Waals surface area contributed by atoms with Crippen LogP contribution in [0.5, 0.6) is 46.0 Å². The fraction of sp³-hybridized carbons (Fsp3) is 0.351. The second-order valence-corrected chi connectivity index (χ2v) is 12.3. The van der Waals surface area contributed by atoms with Gasteiger partial charge in [-0.2, -0.15) is 0 Å². The summed E-state index contributed by atoms with van der Waals surface area (Å²) < 4.78 is 30.9. The summed E-state index contributed by atoms with van der Waals surface area (Å²) in [5.41, 5.74) is 6.95. The first kappa shape index (κ1) is 29.3. The summed E-state index contributed by atoms with van der Waals surface area (Å²) in [5, 5.41) is 10.7. The average Bonchev–Trinajstić information content (AvgIpc) is 3.05. The van der Waals surface area contributed by atoms with Crippen molar-refractivity contribution >= 4 is 0 Å². The quantitative estimate of drug-likeness (QED) is 0.271. The van der Waals surface area contributed by atoms with Gasteiger partial charge in [-0.25, -0.2) is 0 Å². The van der Waals surface area contributed by atoms with Crippen LogP contribution in [0.3, 0.4) is 0 Å². The molecule has 0 radical (unpaired) electrons. The lowest BCUT2D eigenvalue weighted by Crippen LogP contribution is -2.34. The summed E-state index contributed by atoms with van der Waals surface area (Å²) in [4.78, 5) is 4.76. The van der Waals surface area contributed by atoms with Crippen LogP contribution in [0.25, 0.3) is 0 Å². The molecule has 1 N–H and O–H groups in total. The maximum atomic E-state index is 10.7. The molecule has 45 heavy (non-hydrogen) atoms. The number of fused-ring (bicyclic) bond motifs is 2. The SMILES string of the molecule is COc1cc2c3cc1Oc1c4c(cc(OC)c1OC)[C@H](Cc1ccc(cc1)Oc1cc(ccc1O)C[C@H]3N(C)CC2)N(C)CC4. The first-order valence-corrected chi connectivity index (χ1v) is 15.5. The van der Waals surface area contributed by atoms with Gasteiger partial charge in [0, 0.05) is 30.7 Å². The van der Waals surface area contributed by atoms with Gasteiger partial charge in [0.15, 0.2) is 34.5 Å². The van der Waals surface area contributed by atoms with Crippen molar-refractivity contribution in [2.45, 2.75) is 37.8 Å². The normalized spacial score (nSPS) is 19.4. The smallest absolute Gasteiger partial charge is 0.204 e. The zero-order valence-electron chi connectivity index (χ0n) is 26.6. The lowest BCUT2D eigenvalue weighted by atomic mass is 9.87. The molecule has 0 aliphatic carbocycles. The van der Waals surface area contributed by atoms with E-state index in [9.17, 15) is 5.11 Å². The highest BCUT2D eigenvalue weighted by Crippen LogP contribution is 2.51. The van der Waals surface area contributed by atoms with E-state index in [1.165, 1.54) is 16.7 Å². The summed E-state index contributed by atoms with van der Waals surface area (Å²) in [6, 6.07) is 20.3. The van der Waals surface area contributed by atoms with Gasteiger partial charge in [-0.05, 0) is 110 Å². The summed E-state index contributed by atoms with van der Waals surface area (Å²) >= 11 is 0. The van der Waals surface area contributed by atoms with Crippen molar-refractivity contribution in [2.75, 3.05) is 48.5 Å². The third-order valence-electron chi connectivity index (χ3n) is 9.66. The molecule has 0 unspecified atom stereocenters. The molecule has 4 heterocycles. The third kappa shape index (κ3) is 5.32. The fourth-order valence-corrected chi connectivity index (χ4v) is 7.11. The third-order valence-corrected chi connectivity index (χ3v) is 9.66. The van der Waals surface area contributed by atoms with Crippen LogP contribution in [0, 0.1) is 0 Å². The largest absolute Gasteiger partial charge is 0.504 e. The number of aromatic hydroxyl groups is 1. The van der Waals surface area contributed by atoms with Gasteiger partial charge in [-0.1, -0.05) is 18.2 Å². The van der Waals surface area contributed by atoms with Crippen molar-refractivity contribution in [3.05, 3.63) is 94.0 Å². The predicted octanol–water partition coefficient (Wildman–Crippen LogP) is 6.86. The van der Waals surface area contributed by atoms with Crippen molar-refractivity contribution in [2.24, 2.45) is 0 Å². The van der Waals surface area contributed by atoms with Crippen LogP contribution in [0.15, 0.2) is 60.7 Å². The topological polar surface area (TPSA) is 72.9 Å². The molecule has 8 rings (SSSR count). The van der Waals surface area contributed by atoms with Crippen LogP contribution < -0.4 is 23.7 Å². The number of ether oxygens (including phenoxy) is 5. The van der Waals surface area contributed by atoms with E-state index in [1.54, 1.807) is 27.4 Å². The van der Waals surface area contributed by atoms with Crippen LogP contribution in [0.2, 0.25) is 0 Å². The van der Waals surface area contributed by atoms with Crippen LogP contribution in [-0.2, 0) is 25.7 Å². The minimum atomic E-state index is 0.0833. The first-order chi connectivity index (χ1) is 21.9. The number of nitrogens with zero attached hydrogens (tertiary/aromatic N) is 2. The predicted molar refractivity (Wildman–Crippen MR) is 173 cm³/mol. The summed E-state index contributed by atoms with van der Waals surface area (Å²) in [6.07, 6.45) is 3.24. The molecule has 4 aromatic rings. The highest BCUT2D eigenvalue weighted by molar-refractivity contribution is 5.63. The van der Waals surface area contributed by atoms with Crippen molar-refractivity contribution < 1.29 is 28.8 Å². The highest BCUT2D eigenvalue weighted by atomic mass is 16.5. The van der Waals surface area contributed by atoms with E-state index in [-0.39, 0.29) is 17.8 Å². The molecule has 0 aromatic heterocycles. The molecule has 0 saturated carbocycles. The summed E-state index contributed by atoms with van der Waals surface area (Å²) in [7, 11) is 9.34. The Balaban J connectivity index is 1.45. The van der Waals surface area contributed by atoms with E-state index < -0.39 is 0 Å². The number of rotatable bonds is 3. The Hall–Kier alpha value is -4.40.